The van der Waals surface area contributed by atoms with Gasteiger partial charge in [-0.2, -0.15) is 0 Å². The minimum absolute atomic E-state index is 0.984. The second kappa shape index (κ2) is 4.60. The zero-order valence-corrected chi connectivity index (χ0v) is 9.05. The van der Waals surface area contributed by atoms with E-state index in [1.54, 1.807) is 0 Å². The van der Waals surface area contributed by atoms with Gasteiger partial charge in [0.25, 0.3) is 0 Å². The number of hydrogen-bond donors (Lipinski definition) is 2. The van der Waals surface area contributed by atoms with Crippen molar-refractivity contribution >= 4 is 0 Å². The van der Waals surface area contributed by atoms with E-state index < -0.39 is 0 Å². The second-order valence-corrected chi connectivity index (χ2v) is 3.30. The largest absolute Gasteiger partial charge is 0.346 e. The number of aromatic nitrogens is 4. The maximum Gasteiger partial charge on any atom is 0.103 e. The summed E-state index contributed by atoms with van der Waals surface area (Å²) < 4.78 is 0. The molecular formula is C10H16N4. The number of nitrogens with one attached hydrogen (secondary N) is 2. The van der Waals surface area contributed by atoms with Gasteiger partial charge in [-0.3, -0.25) is 0 Å². The number of aryl methyl sites for hydroxylation is 4. The Morgan fingerprint density at radius 2 is 1.14 bits per heavy atom. The highest BCUT2D eigenvalue weighted by Gasteiger charge is 1.84. The summed E-state index contributed by atoms with van der Waals surface area (Å²) in [4.78, 5) is 14.0. The summed E-state index contributed by atoms with van der Waals surface area (Å²) in [5.41, 5.74) is 2.25. The van der Waals surface area contributed by atoms with Gasteiger partial charge in [0.1, 0.15) is 11.6 Å². The Bertz CT molecular complexity index is 315. The van der Waals surface area contributed by atoms with Crippen molar-refractivity contribution in [3.8, 4) is 0 Å². The molecule has 14 heavy (non-hydrogen) atoms. The van der Waals surface area contributed by atoms with Gasteiger partial charge in [-0.25, -0.2) is 9.97 Å². The van der Waals surface area contributed by atoms with Crippen molar-refractivity contribution in [3.05, 3.63) is 35.4 Å². The van der Waals surface area contributed by atoms with E-state index in [0.29, 0.717) is 0 Å². The summed E-state index contributed by atoms with van der Waals surface area (Å²) in [5.74, 6) is 1.97. The molecule has 76 valence electrons. The Kier molecular flexibility index (Phi) is 3.45. The third-order valence-electron chi connectivity index (χ3n) is 1.66. The molecule has 0 saturated carbocycles. The first-order valence-electron chi connectivity index (χ1n) is 4.54. The van der Waals surface area contributed by atoms with E-state index in [-0.39, 0.29) is 0 Å². The number of rotatable bonds is 0. The third-order valence-corrected chi connectivity index (χ3v) is 1.66. The molecule has 2 aromatic rings. The van der Waals surface area contributed by atoms with E-state index >= 15 is 0 Å². The van der Waals surface area contributed by atoms with Crippen LogP contribution in [-0.2, 0) is 0 Å². The van der Waals surface area contributed by atoms with Crippen LogP contribution in [0.4, 0.5) is 0 Å². The molecule has 4 heteroatoms. The quantitative estimate of drug-likeness (QED) is 0.671. The summed E-state index contributed by atoms with van der Waals surface area (Å²) in [6, 6.07) is 0. The van der Waals surface area contributed by atoms with Gasteiger partial charge in [-0.05, 0) is 27.7 Å². The SMILES string of the molecule is Cc1cnc(C)[nH]1.Cc1cnc(C)[nH]1. The summed E-state index contributed by atoms with van der Waals surface area (Å²) in [6.45, 7) is 7.85. The lowest BCUT2D eigenvalue weighted by Crippen LogP contribution is -1.70. The molecule has 2 aromatic heterocycles. The molecule has 0 aliphatic heterocycles. The van der Waals surface area contributed by atoms with E-state index in [4.69, 9.17) is 0 Å². The lowest BCUT2D eigenvalue weighted by molar-refractivity contribution is 1.13. The maximum absolute atomic E-state index is 3.96. The summed E-state index contributed by atoms with van der Waals surface area (Å²) >= 11 is 0. The van der Waals surface area contributed by atoms with Crippen LogP contribution in [0.3, 0.4) is 0 Å². The Hall–Kier alpha value is -1.58. The molecular weight excluding hydrogens is 176 g/mol. The first-order chi connectivity index (χ1) is 6.58. The van der Waals surface area contributed by atoms with Crippen molar-refractivity contribution in [2.45, 2.75) is 27.7 Å². The van der Waals surface area contributed by atoms with E-state index in [0.717, 1.165) is 23.0 Å². The van der Waals surface area contributed by atoms with Gasteiger partial charge in [0, 0.05) is 23.8 Å². The molecule has 0 radical (unpaired) electrons. The average molecular weight is 192 g/mol. The highest BCUT2D eigenvalue weighted by Crippen LogP contribution is 1.90. The fourth-order valence-electron chi connectivity index (χ4n) is 1.09. The molecule has 0 aliphatic carbocycles. The standard InChI is InChI=1S/2C5H8N2/c2*1-4-3-6-5(2)7-4/h2*3H,1-2H3,(H,6,7). The van der Waals surface area contributed by atoms with E-state index in [1.807, 2.05) is 40.1 Å². The topological polar surface area (TPSA) is 57.4 Å². The van der Waals surface area contributed by atoms with Crippen molar-refractivity contribution in [1.29, 1.82) is 0 Å². The van der Waals surface area contributed by atoms with Gasteiger partial charge in [-0.1, -0.05) is 0 Å². The molecule has 0 bridgehead atoms. The number of H-pyrrole nitrogens is 2. The van der Waals surface area contributed by atoms with Crippen molar-refractivity contribution in [2.75, 3.05) is 0 Å². The van der Waals surface area contributed by atoms with E-state index in [1.165, 1.54) is 0 Å². The van der Waals surface area contributed by atoms with Gasteiger partial charge in [0.05, 0.1) is 0 Å². The fraction of sp³-hybridized carbons (Fsp3) is 0.400. The highest BCUT2D eigenvalue weighted by molar-refractivity contribution is 4.96. The van der Waals surface area contributed by atoms with Crippen LogP contribution in [0.1, 0.15) is 23.0 Å². The summed E-state index contributed by atoms with van der Waals surface area (Å²) in [5, 5.41) is 0. The van der Waals surface area contributed by atoms with Crippen LogP contribution in [0.5, 0.6) is 0 Å². The Morgan fingerprint density at radius 3 is 1.21 bits per heavy atom. The molecule has 0 spiro atoms. The van der Waals surface area contributed by atoms with Crippen molar-refractivity contribution in [2.24, 2.45) is 0 Å². The third kappa shape index (κ3) is 3.43. The molecule has 0 fully saturated rings. The Labute approximate surface area is 83.8 Å². The molecule has 0 amide bonds. The molecule has 0 unspecified atom stereocenters. The van der Waals surface area contributed by atoms with Crippen molar-refractivity contribution in [3.63, 3.8) is 0 Å². The lowest BCUT2D eigenvalue weighted by Gasteiger charge is -1.74. The van der Waals surface area contributed by atoms with E-state index in [9.17, 15) is 0 Å². The van der Waals surface area contributed by atoms with Gasteiger partial charge >= 0.3 is 0 Å². The van der Waals surface area contributed by atoms with Crippen LogP contribution in [0.2, 0.25) is 0 Å². The number of aromatic amines is 2. The molecule has 2 rings (SSSR count). The monoisotopic (exact) mass is 192 g/mol. The Balaban J connectivity index is 0.000000140. The smallest absolute Gasteiger partial charge is 0.103 e. The molecule has 4 nitrogen and oxygen atoms in total. The molecule has 2 N–H and O–H groups in total. The van der Waals surface area contributed by atoms with Crippen LogP contribution in [0, 0.1) is 27.7 Å². The van der Waals surface area contributed by atoms with Crippen molar-refractivity contribution in [1.82, 2.24) is 19.9 Å². The minimum Gasteiger partial charge on any atom is -0.346 e. The predicted octanol–water partition coefficient (Wildman–Crippen LogP) is 2.05. The van der Waals surface area contributed by atoms with Crippen LogP contribution in [0.15, 0.2) is 12.4 Å². The highest BCUT2D eigenvalue weighted by atomic mass is 14.9. The fourth-order valence-corrected chi connectivity index (χ4v) is 1.09. The molecule has 2 heterocycles. The van der Waals surface area contributed by atoms with Crippen LogP contribution in [-0.4, -0.2) is 19.9 Å². The summed E-state index contributed by atoms with van der Waals surface area (Å²) in [6.07, 6.45) is 3.63. The number of nitrogens with zero attached hydrogens (tertiary/aromatic N) is 2. The number of imidazole rings is 2. The number of hydrogen-bond acceptors (Lipinski definition) is 2. The zero-order chi connectivity index (χ0) is 10.6. The predicted molar refractivity (Wildman–Crippen MR) is 56.1 cm³/mol. The normalized spacial score (nSPS) is 9.43. The van der Waals surface area contributed by atoms with E-state index in [2.05, 4.69) is 19.9 Å². The van der Waals surface area contributed by atoms with Gasteiger partial charge < -0.3 is 9.97 Å². The molecule has 0 atom stereocenters. The summed E-state index contributed by atoms with van der Waals surface area (Å²) in [7, 11) is 0. The minimum atomic E-state index is 0.984. The average Bonchev–Trinajstić information content (AvgIpc) is 2.63. The molecule has 0 aliphatic rings. The van der Waals surface area contributed by atoms with Gasteiger partial charge in [-0.15, -0.1) is 0 Å². The first kappa shape index (κ1) is 10.5. The van der Waals surface area contributed by atoms with Gasteiger partial charge in [0.15, 0.2) is 0 Å². The lowest BCUT2D eigenvalue weighted by atomic mass is 10.6. The van der Waals surface area contributed by atoms with Crippen LogP contribution in [0.25, 0.3) is 0 Å². The van der Waals surface area contributed by atoms with Gasteiger partial charge in [0.2, 0.25) is 0 Å². The maximum atomic E-state index is 3.96. The van der Waals surface area contributed by atoms with Crippen molar-refractivity contribution < 1.29 is 0 Å². The second-order valence-electron chi connectivity index (χ2n) is 3.30. The molecule has 0 saturated heterocycles. The van der Waals surface area contributed by atoms with Crippen LogP contribution >= 0.6 is 0 Å². The molecule has 0 aromatic carbocycles. The van der Waals surface area contributed by atoms with Crippen LogP contribution < -0.4 is 0 Å². The zero-order valence-electron chi connectivity index (χ0n) is 9.05. The first-order valence-corrected chi connectivity index (χ1v) is 4.54. The Morgan fingerprint density at radius 1 is 0.786 bits per heavy atom.